The van der Waals surface area contributed by atoms with E-state index < -0.39 is 0 Å². The lowest BCUT2D eigenvalue weighted by Crippen LogP contribution is -1.96. The molecule has 0 atom stereocenters. The molecule has 0 radical (unpaired) electrons. The summed E-state index contributed by atoms with van der Waals surface area (Å²) in [5, 5.41) is 14.0. The van der Waals surface area contributed by atoms with E-state index in [4.69, 9.17) is 4.74 Å². The maximum absolute atomic E-state index is 6.24. The second-order valence-corrected chi connectivity index (χ2v) is 11.3. The van der Waals surface area contributed by atoms with Crippen molar-refractivity contribution in [2.45, 2.75) is 27.7 Å². The summed E-state index contributed by atoms with van der Waals surface area (Å²) in [5.41, 5.74) is 13.1. The van der Waals surface area contributed by atoms with E-state index in [1.54, 1.807) is 0 Å². The maximum Gasteiger partial charge on any atom is 0.127 e. The van der Waals surface area contributed by atoms with Crippen molar-refractivity contribution >= 4 is 45.5 Å². The number of ether oxygens (including phenoxy) is 1. The number of anilines is 8. The summed E-state index contributed by atoms with van der Waals surface area (Å²) in [6.45, 7) is 8.38. The normalized spacial score (nSPS) is 10.7. The largest absolute Gasteiger partial charge is 0.457 e. The van der Waals surface area contributed by atoms with Gasteiger partial charge in [0.05, 0.1) is 0 Å². The Bertz CT molecular complexity index is 1770. The van der Waals surface area contributed by atoms with Gasteiger partial charge in [-0.2, -0.15) is 0 Å². The van der Waals surface area contributed by atoms with E-state index in [-0.39, 0.29) is 0 Å². The van der Waals surface area contributed by atoms with Gasteiger partial charge in [-0.1, -0.05) is 36.4 Å². The number of rotatable bonds is 10. The lowest BCUT2D eigenvalue weighted by molar-refractivity contribution is 0.482. The first-order valence-corrected chi connectivity index (χ1v) is 15.2. The lowest BCUT2D eigenvalue weighted by Gasteiger charge is -2.15. The fraction of sp³-hybridized carbons (Fsp3) is 0.100. The van der Waals surface area contributed by atoms with Crippen LogP contribution in [0.4, 0.5) is 45.5 Å². The van der Waals surface area contributed by atoms with Crippen LogP contribution in [0.5, 0.6) is 11.5 Å². The molecule has 6 aromatic rings. The second-order valence-electron chi connectivity index (χ2n) is 11.3. The Morgan fingerprint density at radius 3 is 0.956 bits per heavy atom. The van der Waals surface area contributed by atoms with E-state index >= 15 is 0 Å². The molecular weight excluding hydrogens is 552 g/mol. The first-order valence-electron chi connectivity index (χ1n) is 15.2. The summed E-state index contributed by atoms with van der Waals surface area (Å²) in [6.07, 6.45) is 0. The van der Waals surface area contributed by atoms with E-state index in [1.807, 2.05) is 36.4 Å². The van der Waals surface area contributed by atoms with Gasteiger partial charge in [0.1, 0.15) is 11.5 Å². The van der Waals surface area contributed by atoms with Crippen molar-refractivity contribution in [2.75, 3.05) is 21.3 Å². The van der Waals surface area contributed by atoms with E-state index in [0.29, 0.717) is 0 Å². The van der Waals surface area contributed by atoms with Gasteiger partial charge in [0.25, 0.3) is 0 Å². The van der Waals surface area contributed by atoms with Crippen molar-refractivity contribution in [3.05, 3.63) is 156 Å². The average molecular weight is 591 g/mol. The minimum absolute atomic E-state index is 0.799. The quantitative estimate of drug-likeness (QED) is 0.128. The summed E-state index contributed by atoms with van der Waals surface area (Å²) in [7, 11) is 0. The molecule has 0 amide bonds. The first kappa shape index (κ1) is 29.4. The van der Waals surface area contributed by atoms with Gasteiger partial charge in [0.15, 0.2) is 0 Å². The third-order valence-electron chi connectivity index (χ3n) is 7.81. The van der Waals surface area contributed by atoms with Gasteiger partial charge in [-0.05, 0) is 147 Å². The molecule has 0 heterocycles. The van der Waals surface area contributed by atoms with E-state index in [0.717, 1.165) is 68.1 Å². The van der Waals surface area contributed by atoms with Crippen LogP contribution in [-0.2, 0) is 0 Å². The molecule has 0 aromatic heterocycles. The van der Waals surface area contributed by atoms with Gasteiger partial charge >= 0.3 is 0 Å². The molecule has 0 unspecified atom stereocenters. The van der Waals surface area contributed by atoms with Crippen LogP contribution in [0.15, 0.2) is 133 Å². The molecule has 45 heavy (non-hydrogen) atoms. The molecule has 6 aromatic carbocycles. The number of para-hydroxylation sites is 2. The molecule has 0 aliphatic carbocycles. The van der Waals surface area contributed by atoms with Crippen LogP contribution in [0.1, 0.15) is 22.3 Å². The van der Waals surface area contributed by atoms with Crippen LogP contribution in [-0.4, -0.2) is 0 Å². The standard InChI is InChI=1S/C40H38N4O/c1-27-9-5-7-11-37(27)41-31-13-17-33(18-14-31)43-39-23-21-35(25-29(39)3)45-36-22-24-40(30(4)26-36)44-34-19-15-32(16-20-34)42-38-12-8-6-10-28(38)2/h5-26,41-44H,1-4H3. The predicted molar refractivity (Wildman–Crippen MR) is 191 cm³/mol. The number of hydrogen-bond acceptors (Lipinski definition) is 5. The number of aryl methyl sites for hydroxylation is 4. The van der Waals surface area contributed by atoms with Crippen LogP contribution in [0, 0.1) is 27.7 Å². The highest BCUT2D eigenvalue weighted by molar-refractivity contribution is 5.70. The number of benzene rings is 6. The molecule has 0 saturated carbocycles. The van der Waals surface area contributed by atoms with Crippen molar-refractivity contribution in [1.82, 2.24) is 0 Å². The van der Waals surface area contributed by atoms with Crippen molar-refractivity contribution in [3.63, 3.8) is 0 Å². The first-order chi connectivity index (χ1) is 21.9. The molecule has 0 spiro atoms. The summed E-state index contributed by atoms with van der Waals surface area (Å²) in [6, 6.07) is 45.5. The summed E-state index contributed by atoms with van der Waals surface area (Å²) in [4.78, 5) is 0. The Morgan fingerprint density at radius 2 is 0.644 bits per heavy atom. The highest BCUT2D eigenvalue weighted by atomic mass is 16.5. The number of hydrogen-bond donors (Lipinski definition) is 4. The molecule has 6 rings (SSSR count). The Kier molecular flexibility index (Phi) is 8.70. The van der Waals surface area contributed by atoms with Crippen LogP contribution in [0.3, 0.4) is 0 Å². The summed E-state index contributed by atoms with van der Waals surface area (Å²) < 4.78 is 6.24. The molecule has 0 saturated heterocycles. The predicted octanol–water partition coefficient (Wildman–Crippen LogP) is 11.7. The molecule has 5 nitrogen and oxygen atoms in total. The Hall–Kier alpha value is -5.68. The summed E-state index contributed by atoms with van der Waals surface area (Å²) in [5.74, 6) is 1.60. The molecule has 5 heteroatoms. The van der Waals surface area contributed by atoms with E-state index in [2.05, 4.69) is 146 Å². The molecule has 0 aliphatic heterocycles. The molecular formula is C40H38N4O. The Labute approximate surface area is 265 Å². The van der Waals surface area contributed by atoms with Gasteiger partial charge in [-0.3, -0.25) is 0 Å². The highest BCUT2D eigenvalue weighted by Gasteiger charge is 2.07. The zero-order valence-electron chi connectivity index (χ0n) is 26.1. The second kappa shape index (κ2) is 13.3. The van der Waals surface area contributed by atoms with Crippen LogP contribution < -0.4 is 26.0 Å². The van der Waals surface area contributed by atoms with Gasteiger partial charge in [0.2, 0.25) is 0 Å². The summed E-state index contributed by atoms with van der Waals surface area (Å²) >= 11 is 0. The fourth-order valence-corrected chi connectivity index (χ4v) is 5.14. The van der Waals surface area contributed by atoms with Crippen molar-refractivity contribution < 1.29 is 4.74 Å². The van der Waals surface area contributed by atoms with Crippen LogP contribution in [0.25, 0.3) is 0 Å². The van der Waals surface area contributed by atoms with Gasteiger partial charge in [-0.25, -0.2) is 0 Å². The molecule has 4 N–H and O–H groups in total. The smallest absolute Gasteiger partial charge is 0.127 e. The molecule has 0 fully saturated rings. The van der Waals surface area contributed by atoms with Crippen LogP contribution >= 0.6 is 0 Å². The molecule has 0 aliphatic rings. The minimum atomic E-state index is 0.799. The van der Waals surface area contributed by atoms with Crippen molar-refractivity contribution in [2.24, 2.45) is 0 Å². The highest BCUT2D eigenvalue weighted by Crippen LogP contribution is 2.32. The number of nitrogens with one attached hydrogen (secondary N) is 4. The molecule has 0 bridgehead atoms. The van der Waals surface area contributed by atoms with Crippen molar-refractivity contribution in [3.8, 4) is 11.5 Å². The van der Waals surface area contributed by atoms with E-state index in [1.165, 1.54) is 11.1 Å². The molecule has 224 valence electrons. The third-order valence-corrected chi connectivity index (χ3v) is 7.81. The van der Waals surface area contributed by atoms with Gasteiger partial charge in [-0.15, -0.1) is 0 Å². The lowest BCUT2D eigenvalue weighted by atomic mass is 10.1. The van der Waals surface area contributed by atoms with Crippen LogP contribution in [0.2, 0.25) is 0 Å². The third kappa shape index (κ3) is 7.46. The minimum Gasteiger partial charge on any atom is -0.457 e. The Balaban J connectivity index is 1.05. The SMILES string of the molecule is Cc1ccccc1Nc1ccc(Nc2ccc(Oc3ccc(Nc4ccc(Nc5ccccc5C)cc4)c(C)c3)cc2C)cc1. The van der Waals surface area contributed by atoms with Crippen molar-refractivity contribution in [1.29, 1.82) is 0 Å². The maximum atomic E-state index is 6.24. The van der Waals surface area contributed by atoms with E-state index in [9.17, 15) is 0 Å². The fourth-order valence-electron chi connectivity index (χ4n) is 5.14. The van der Waals surface area contributed by atoms with Gasteiger partial charge < -0.3 is 26.0 Å². The monoisotopic (exact) mass is 590 g/mol. The topological polar surface area (TPSA) is 57.4 Å². The zero-order chi connectivity index (χ0) is 31.2. The average Bonchev–Trinajstić information content (AvgIpc) is 3.04. The van der Waals surface area contributed by atoms with Gasteiger partial charge in [0, 0.05) is 45.5 Å². The zero-order valence-corrected chi connectivity index (χ0v) is 26.1. The Morgan fingerprint density at radius 1 is 0.333 bits per heavy atom.